The van der Waals surface area contributed by atoms with Crippen molar-refractivity contribution in [2.45, 2.75) is 58.5 Å². The van der Waals surface area contributed by atoms with Crippen molar-refractivity contribution >= 4 is 0 Å². The third kappa shape index (κ3) is 8.02. The Hall–Kier alpha value is -0.0800. The molecule has 74 valence electrons. The van der Waals surface area contributed by atoms with Gasteiger partial charge < -0.3 is 11.5 Å². The fourth-order valence-electron chi connectivity index (χ4n) is 1.29. The second-order valence-corrected chi connectivity index (χ2v) is 4.26. The largest absolute Gasteiger partial charge is 0.328 e. The first-order valence-corrected chi connectivity index (χ1v) is 5.03. The molecule has 1 fully saturated rings. The van der Waals surface area contributed by atoms with Gasteiger partial charge in [-0.2, -0.15) is 0 Å². The summed E-state index contributed by atoms with van der Waals surface area (Å²) in [5.74, 6) is 0.940. The van der Waals surface area contributed by atoms with E-state index >= 15 is 0 Å². The van der Waals surface area contributed by atoms with Gasteiger partial charge in [0.05, 0.1) is 0 Å². The zero-order valence-corrected chi connectivity index (χ0v) is 8.72. The summed E-state index contributed by atoms with van der Waals surface area (Å²) < 4.78 is 0. The molecule has 0 atom stereocenters. The maximum absolute atomic E-state index is 5.70. The summed E-state index contributed by atoms with van der Waals surface area (Å²) in [7, 11) is 0. The first kappa shape index (κ1) is 11.9. The minimum Gasteiger partial charge on any atom is -0.328 e. The van der Waals surface area contributed by atoms with Crippen molar-refractivity contribution in [1.82, 2.24) is 0 Å². The Morgan fingerprint density at radius 3 is 1.67 bits per heavy atom. The SMILES string of the molecule is CC(C)N.CC1CCC(N)CC1. The van der Waals surface area contributed by atoms with Crippen molar-refractivity contribution in [3.8, 4) is 0 Å². The topological polar surface area (TPSA) is 52.0 Å². The molecule has 0 aromatic carbocycles. The molecule has 2 nitrogen and oxygen atoms in total. The van der Waals surface area contributed by atoms with Gasteiger partial charge in [0.2, 0.25) is 0 Å². The molecule has 0 aromatic rings. The zero-order valence-electron chi connectivity index (χ0n) is 8.72. The molecule has 0 unspecified atom stereocenters. The van der Waals surface area contributed by atoms with E-state index in [1.807, 2.05) is 13.8 Å². The summed E-state index contributed by atoms with van der Waals surface area (Å²) in [4.78, 5) is 0. The second kappa shape index (κ2) is 6.44. The van der Waals surface area contributed by atoms with Gasteiger partial charge in [-0.15, -0.1) is 0 Å². The molecule has 1 aliphatic carbocycles. The molecule has 0 spiro atoms. The number of hydrogen-bond acceptors (Lipinski definition) is 2. The molecule has 0 bridgehead atoms. The Morgan fingerprint density at radius 2 is 1.42 bits per heavy atom. The van der Waals surface area contributed by atoms with Gasteiger partial charge >= 0.3 is 0 Å². The van der Waals surface area contributed by atoms with Crippen LogP contribution in [0.4, 0.5) is 0 Å². The quantitative estimate of drug-likeness (QED) is 0.586. The predicted octanol–water partition coefficient (Wildman–Crippen LogP) is 1.88. The van der Waals surface area contributed by atoms with Crippen LogP contribution in [-0.2, 0) is 0 Å². The van der Waals surface area contributed by atoms with Crippen LogP contribution >= 0.6 is 0 Å². The average molecular weight is 172 g/mol. The highest BCUT2D eigenvalue weighted by atomic mass is 14.6. The summed E-state index contributed by atoms with van der Waals surface area (Å²) in [5, 5.41) is 0. The Labute approximate surface area is 76.7 Å². The van der Waals surface area contributed by atoms with Gasteiger partial charge in [-0.25, -0.2) is 0 Å². The van der Waals surface area contributed by atoms with E-state index in [0.29, 0.717) is 12.1 Å². The molecule has 0 heterocycles. The highest BCUT2D eigenvalue weighted by Gasteiger charge is 2.13. The zero-order chi connectivity index (χ0) is 9.56. The van der Waals surface area contributed by atoms with E-state index in [1.165, 1.54) is 25.7 Å². The Morgan fingerprint density at radius 1 is 1.08 bits per heavy atom. The van der Waals surface area contributed by atoms with E-state index in [9.17, 15) is 0 Å². The average Bonchev–Trinajstić information content (AvgIpc) is 1.94. The van der Waals surface area contributed by atoms with E-state index in [-0.39, 0.29) is 0 Å². The normalized spacial score (nSPS) is 29.5. The molecule has 0 aromatic heterocycles. The van der Waals surface area contributed by atoms with Gasteiger partial charge in [-0.3, -0.25) is 0 Å². The first-order chi connectivity index (χ1) is 5.52. The Balaban J connectivity index is 0.000000261. The van der Waals surface area contributed by atoms with Crippen molar-refractivity contribution in [3.63, 3.8) is 0 Å². The minimum atomic E-state index is 0.333. The molecule has 0 radical (unpaired) electrons. The van der Waals surface area contributed by atoms with Crippen LogP contribution in [0.15, 0.2) is 0 Å². The summed E-state index contributed by atoms with van der Waals surface area (Å²) in [6.07, 6.45) is 5.20. The van der Waals surface area contributed by atoms with Crippen molar-refractivity contribution in [3.05, 3.63) is 0 Å². The van der Waals surface area contributed by atoms with Gasteiger partial charge in [-0.1, -0.05) is 20.8 Å². The molecular formula is C10H24N2. The molecule has 12 heavy (non-hydrogen) atoms. The van der Waals surface area contributed by atoms with E-state index in [1.54, 1.807) is 0 Å². The fraction of sp³-hybridized carbons (Fsp3) is 1.00. The molecule has 2 heteroatoms. The van der Waals surface area contributed by atoms with Gasteiger partial charge in [0.25, 0.3) is 0 Å². The summed E-state index contributed by atoms with van der Waals surface area (Å²) in [6, 6.07) is 0.853. The van der Waals surface area contributed by atoms with Gasteiger partial charge in [-0.05, 0) is 37.6 Å². The lowest BCUT2D eigenvalue weighted by Crippen LogP contribution is -2.25. The predicted molar refractivity (Wildman–Crippen MR) is 54.9 cm³/mol. The van der Waals surface area contributed by atoms with Crippen LogP contribution in [0.5, 0.6) is 0 Å². The molecule has 0 amide bonds. The van der Waals surface area contributed by atoms with Crippen molar-refractivity contribution in [2.24, 2.45) is 17.4 Å². The Kier molecular flexibility index (Phi) is 6.39. The summed E-state index contributed by atoms with van der Waals surface area (Å²) in [5.41, 5.74) is 10.8. The standard InChI is InChI=1S/C7H15N.C3H9N/c1-6-2-4-7(8)5-3-6;1-3(2)4/h6-7H,2-5,8H2,1H3;3H,4H2,1-2H3. The molecular weight excluding hydrogens is 148 g/mol. The first-order valence-electron chi connectivity index (χ1n) is 5.03. The van der Waals surface area contributed by atoms with Crippen LogP contribution in [0, 0.1) is 5.92 Å². The fourth-order valence-corrected chi connectivity index (χ4v) is 1.29. The van der Waals surface area contributed by atoms with E-state index in [2.05, 4.69) is 6.92 Å². The molecule has 0 saturated heterocycles. The van der Waals surface area contributed by atoms with Crippen molar-refractivity contribution < 1.29 is 0 Å². The van der Waals surface area contributed by atoms with E-state index < -0.39 is 0 Å². The lowest BCUT2D eigenvalue weighted by Gasteiger charge is -2.22. The van der Waals surface area contributed by atoms with Gasteiger partial charge in [0.1, 0.15) is 0 Å². The lowest BCUT2D eigenvalue weighted by atomic mass is 9.88. The highest BCUT2D eigenvalue weighted by Crippen LogP contribution is 2.21. The molecule has 1 aliphatic rings. The summed E-state index contributed by atoms with van der Waals surface area (Å²) in [6.45, 7) is 6.20. The molecule has 4 N–H and O–H groups in total. The second-order valence-electron chi connectivity index (χ2n) is 4.26. The minimum absolute atomic E-state index is 0.333. The number of rotatable bonds is 0. The molecule has 1 rings (SSSR count). The molecule has 1 saturated carbocycles. The highest BCUT2D eigenvalue weighted by molar-refractivity contribution is 4.70. The van der Waals surface area contributed by atoms with Crippen LogP contribution < -0.4 is 11.5 Å². The van der Waals surface area contributed by atoms with Crippen molar-refractivity contribution in [1.29, 1.82) is 0 Å². The monoisotopic (exact) mass is 172 g/mol. The third-order valence-corrected chi connectivity index (χ3v) is 2.06. The van der Waals surface area contributed by atoms with Crippen LogP contribution in [-0.4, -0.2) is 12.1 Å². The smallest absolute Gasteiger partial charge is 0.00390 e. The van der Waals surface area contributed by atoms with Crippen LogP contribution in [0.1, 0.15) is 46.5 Å². The number of nitrogens with two attached hydrogens (primary N) is 2. The van der Waals surface area contributed by atoms with Crippen LogP contribution in [0.2, 0.25) is 0 Å². The molecule has 0 aliphatic heterocycles. The van der Waals surface area contributed by atoms with Crippen LogP contribution in [0.25, 0.3) is 0 Å². The van der Waals surface area contributed by atoms with E-state index in [4.69, 9.17) is 11.5 Å². The third-order valence-electron chi connectivity index (χ3n) is 2.06. The van der Waals surface area contributed by atoms with Crippen LogP contribution in [0.3, 0.4) is 0 Å². The van der Waals surface area contributed by atoms with E-state index in [0.717, 1.165) is 5.92 Å². The maximum Gasteiger partial charge on any atom is 0.00390 e. The van der Waals surface area contributed by atoms with Crippen molar-refractivity contribution in [2.75, 3.05) is 0 Å². The Bertz CT molecular complexity index is 81.3. The summed E-state index contributed by atoms with van der Waals surface area (Å²) >= 11 is 0. The van der Waals surface area contributed by atoms with Gasteiger partial charge in [0.15, 0.2) is 0 Å². The lowest BCUT2D eigenvalue weighted by molar-refractivity contribution is 0.348. The maximum atomic E-state index is 5.70. The van der Waals surface area contributed by atoms with Gasteiger partial charge in [0, 0.05) is 6.04 Å². The number of hydrogen-bond donors (Lipinski definition) is 2.